The third-order valence-corrected chi connectivity index (χ3v) is 23.4. The number of primary amides is 2. The van der Waals surface area contributed by atoms with Gasteiger partial charge in [0.2, 0.25) is 23.6 Å². The van der Waals surface area contributed by atoms with E-state index in [2.05, 4.69) is 123 Å². The Labute approximate surface area is 841 Å². The number of carboxylic acid groups (broad SMARTS) is 1. The summed E-state index contributed by atoms with van der Waals surface area (Å²) in [4.78, 5) is 77.6. The second-order valence-corrected chi connectivity index (χ2v) is 35.6. The second-order valence-electron chi connectivity index (χ2n) is 31.3. The van der Waals surface area contributed by atoms with E-state index in [1.54, 1.807) is 58.2 Å². The number of allylic oxidation sites excluding steroid dienone is 1. The molecule has 1 aliphatic rings. The maximum atomic E-state index is 11.4. The number of hydrogen-bond acceptors (Lipinski definition) is 21. The largest absolute Gasteiger partial charge is 1.00 e. The summed E-state index contributed by atoms with van der Waals surface area (Å²) in [7, 11) is -3.60. The number of carbonyl (C=O) groups excluding carboxylic acids is 7. The number of quaternary nitrogens is 1. The Kier molecular flexibility index (Phi) is 84.3. The van der Waals surface area contributed by atoms with Crippen LogP contribution in [-0.4, -0.2) is 171 Å². The van der Waals surface area contributed by atoms with Crippen LogP contribution in [0.1, 0.15) is 293 Å². The number of aliphatic hydroxyl groups is 2. The number of ether oxygens (including phenoxy) is 2. The minimum Gasteiger partial charge on any atom is -1.00 e. The molecule has 4 aromatic carbocycles. The molecule has 0 aliphatic carbocycles. The molecule has 1 saturated heterocycles. The van der Waals surface area contributed by atoms with Crippen LogP contribution < -0.4 is 153 Å². The van der Waals surface area contributed by atoms with Crippen LogP contribution in [0.3, 0.4) is 0 Å². The summed E-state index contributed by atoms with van der Waals surface area (Å²) < 4.78 is 108. The Morgan fingerprint density at radius 3 is 1.28 bits per heavy atom. The van der Waals surface area contributed by atoms with Gasteiger partial charge in [0.05, 0.1) is 61.4 Å². The van der Waals surface area contributed by atoms with E-state index >= 15 is 0 Å². The zero-order valence-corrected chi connectivity index (χ0v) is 91.7. The Bertz CT molecular complexity index is 3910. The molecule has 5 rings (SSSR count). The molecular weight excluding hydrogens is 1710 g/mol. The van der Waals surface area contributed by atoms with Gasteiger partial charge in [-0.1, -0.05) is 201 Å². The summed E-state index contributed by atoms with van der Waals surface area (Å²) in [6.45, 7) is 39.8. The number of nitrogens with two attached hydrogens (primary N) is 2. The van der Waals surface area contributed by atoms with Gasteiger partial charge in [0.1, 0.15) is 43.0 Å². The SMILES string of the molecule is CCC(C(N)=O)C(CC)C(=O)NC.CCC(C)C(N)=O.CCC(C)N1CCCC1=O.CCC(C)O.CCC(C)c1ccc(S(=O)(=O)[O-])cc1.CCC(CC(C)C(=O)OC)c1ccc(S(=O)(=O)[O-])cc1.CCC(CC(C)c1ccccc1)c1ccc(C[N+](C)(C)C)cc1.CCC(O)C(CC)OC(C)=O.CCC=C(C)C(CC(C)C(=O)[O-])S(=O)(=O)[O-].[Cl-].[Na+].[Na+].[Na+].[Na+]. The van der Waals surface area contributed by atoms with Crippen LogP contribution in [0.5, 0.6) is 0 Å². The van der Waals surface area contributed by atoms with Crippen LogP contribution >= 0.6 is 0 Å². The summed E-state index contributed by atoms with van der Waals surface area (Å²) in [5.41, 5.74) is 16.8. The normalized spacial score (nSPS) is 14.8. The zero-order valence-electron chi connectivity index (χ0n) is 80.5. The summed E-state index contributed by atoms with van der Waals surface area (Å²) in [5, 5.41) is 29.4. The molecule has 4 amide bonds. The van der Waals surface area contributed by atoms with Gasteiger partial charge in [-0.15, -0.1) is 0 Å². The molecule has 26 nitrogen and oxygen atoms in total. The van der Waals surface area contributed by atoms with Gasteiger partial charge in [-0.2, -0.15) is 0 Å². The first-order valence-electron chi connectivity index (χ1n) is 41.8. The number of nitrogens with zero attached hydrogens (tertiary/aromatic N) is 2. The van der Waals surface area contributed by atoms with Crippen molar-refractivity contribution in [2.45, 2.75) is 311 Å². The van der Waals surface area contributed by atoms with E-state index < -0.39 is 59.5 Å². The predicted octanol–water partition coefficient (Wildman–Crippen LogP) is -0.908. The van der Waals surface area contributed by atoms with E-state index in [0.717, 1.165) is 73.6 Å². The first kappa shape index (κ1) is 139. The summed E-state index contributed by atoms with van der Waals surface area (Å²) in [6, 6.07) is 32.7. The molecule has 1 heterocycles. The van der Waals surface area contributed by atoms with Gasteiger partial charge >= 0.3 is 130 Å². The van der Waals surface area contributed by atoms with Crippen LogP contribution in [0.4, 0.5) is 0 Å². The molecule has 1 aliphatic heterocycles. The zero-order chi connectivity index (χ0) is 92.9. The van der Waals surface area contributed by atoms with Crippen LogP contribution in [0, 0.1) is 29.6 Å². The molecule has 124 heavy (non-hydrogen) atoms. The van der Waals surface area contributed by atoms with Crippen molar-refractivity contribution in [1.29, 1.82) is 0 Å². The number of nitrogens with one attached hydrogen (secondary N) is 1. The molecule has 690 valence electrons. The molecule has 0 bridgehead atoms. The Hall–Kier alpha value is -3.19. The molecule has 14 unspecified atom stereocenters. The average Bonchev–Trinajstić information content (AvgIpc) is 1.11. The smallest absolute Gasteiger partial charge is 1.00 e. The predicted molar refractivity (Wildman–Crippen MR) is 468 cm³/mol. The van der Waals surface area contributed by atoms with E-state index in [4.69, 9.17) is 26.0 Å². The monoisotopic (exact) mass is 1860 g/mol. The van der Waals surface area contributed by atoms with Gasteiger partial charge in [0.15, 0.2) is 0 Å². The Balaban J connectivity index is -0.000000175. The number of likely N-dealkylation sites (tertiary alicyclic amines) is 1. The molecular formula is C90H150ClN5Na4O21S3. The number of benzene rings is 4. The number of rotatable bonds is 36. The first-order valence-corrected chi connectivity index (χ1v) is 46.1. The van der Waals surface area contributed by atoms with Crippen molar-refractivity contribution in [3.05, 3.63) is 143 Å². The van der Waals surface area contributed by atoms with Gasteiger partial charge in [0.25, 0.3) is 0 Å². The maximum absolute atomic E-state index is 11.4. The van der Waals surface area contributed by atoms with Crippen molar-refractivity contribution in [2.75, 3.05) is 41.8 Å². The van der Waals surface area contributed by atoms with E-state index in [9.17, 15) is 82.7 Å². The van der Waals surface area contributed by atoms with Crippen LogP contribution in [0.2, 0.25) is 0 Å². The molecule has 0 saturated carbocycles. The van der Waals surface area contributed by atoms with Crippen molar-refractivity contribution in [3.8, 4) is 0 Å². The number of carbonyl (C=O) groups is 7. The fraction of sp³-hybridized carbons (Fsp3) is 0.633. The number of halogens is 1. The molecule has 0 spiro atoms. The molecule has 34 heteroatoms. The molecule has 4 aromatic rings. The van der Waals surface area contributed by atoms with Crippen molar-refractivity contribution < 1.29 is 232 Å². The average molecular weight is 1860 g/mol. The van der Waals surface area contributed by atoms with Crippen molar-refractivity contribution >= 4 is 71.9 Å². The second kappa shape index (κ2) is 75.4. The number of methoxy groups -OCH3 is 1. The summed E-state index contributed by atoms with van der Waals surface area (Å²) in [6.07, 6.45) is 13.0. The molecule has 0 radical (unpaired) electrons. The quantitative estimate of drug-likeness (QED) is 0.0121. The van der Waals surface area contributed by atoms with E-state index in [1.807, 2.05) is 60.3 Å². The number of aliphatic hydroxyl groups excluding tert-OH is 2. The van der Waals surface area contributed by atoms with Crippen LogP contribution in [0.25, 0.3) is 0 Å². The number of hydrogen-bond donors (Lipinski definition) is 5. The summed E-state index contributed by atoms with van der Waals surface area (Å²) in [5.74, 6) is -2.33. The number of amides is 4. The van der Waals surface area contributed by atoms with Crippen molar-refractivity contribution in [2.24, 2.45) is 41.1 Å². The molecule has 7 N–H and O–H groups in total. The number of esters is 2. The number of aliphatic carboxylic acids is 1. The fourth-order valence-electron chi connectivity index (χ4n) is 12.1. The third-order valence-electron chi connectivity index (χ3n) is 20.5. The minimum atomic E-state index is -4.52. The topological polar surface area (TPSA) is 440 Å². The standard InChI is InChI=1S/C22H32N.C14H20O5S.C10H18O5S.C10H14O3S.C9H18N2O2.C8H15NO.C8H16O3.C5H11NO.C4H10O.ClH.4Na/c1-6-20(16-18(2)21-10-8-7-9-11-21)22-14-12-19(13-15-22)17-23(3,4)5;1-4-11(9-10(2)14(15)19-3)12-5-7-13(8-6-12)20(16,17)18;1-4-5-7(2)9(16(13,14)15)6-8(3)10(11)12;1-3-8(2)9-4-6-10(7-5-9)14(11,12)13;1-4-6(8(10)12)7(5-2)9(13)11-3;1-3-7(2)9-6-4-5-8(9)10;1-4-7(10)8(5-2)11-6(3)9;1-3-4(2)5(6)7;1-3-4(2)5;;;;;/h7-15,18,20H,6,16-17H2,1-5H3;5-8,10-11H,4,9H2,1-3H3,(H,16,17,18);5,8-9H,4,6H2,1-3H3,(H,11,12)(H,13,14,15);4-8H,3H2,1-2H3,(H,11,12,13);6-7H,4-5H2,1-3H3,(H2,10,12)(H,11,13);7H,3-6H2,1-2H3;7-8,10H,4-5H2,1-3H3;4H,3H2,1-2H3,(H2,6,7);4-5H,3H2,1-2H3;1H;;;;/q+1;;;;;;;;;;4*+1/p-5. The third kappa shape index (κ3) is 62.2. The van der Waals surface area contributed by atoms with Crippen molar-refractivity contribution in [3.63, 3.8) is 0 Å². The first-order chi connectivity index (χ1) is 55.2. The molecule has 0 aromatic heterocycles. The van der Waals surface area contributed by atoms with Gasteiger partial charge < -0.3 is 81.8 Å². The Morgan fingerprint density at radius 2 is 0.984 bits per heavy atom. The van der Waals surface area contributed by atoms with E-state index in [1.165, 1.54) is 81.7 Å². The van der Waals surface area contributed by atoms with E-state index in [0.29, 0.717) is 73.8 Å². The minimum absolute atomic E-state index is 0. The van der Waals surface area contributed by atoms with Gasteiger partial charge in [-0.3, -0.25) is 28.8 Å². The van der Waals surface area contributed by atoms with Crippen LogP contribution in [0.15, 0.2) is 125 Å². The molecule has 1 fully saturated rings. The van der Waals surface area contributed by atoms with Gasteiger partial charge in [0, 0.05) is 62.3 Å². The van der Waals surface area contributed by atoms with Gasteiger partial charge in [-0.05, 0) is 193 Å². The Morgan fingerprint density at radius 1 is 0.548 bits per heavy atom. The van der Waals surface area contributed by atoms with Gasteiger partial charge in [-0.25, -0.2) is 25.3 Å². The van der Waals surface area contributed by atoms with Crippen LogP contribution in [-0.2, 0) is 79.9 Å². The molecule has 14 atom stereocenters. The van der Waals surface area contributed by atoms with Crippen molar-refractivity contribution in [1.82, 2.24) is 10.2 Å². The van der Waals surface area contributed by atoms with E-state index in [-0.39, 0.29) is 212 Å². The summed E-state index contributed by atoms with van der Waals surface area (Å²) >= 11 is 0. The maximum Gasteiger partial charge on any atom is 1.00 e. The number of carboxylic acids is 1. The fourth-order valence-corrected chi connectivity index (χ4v) is 14.1.